The SMILES string of the molecule is COc1ccc(-c2cc3nc(CN4CCCC4c4nc5ccccc5s4)[nH]c(=O)c3s2)cc1. The molecule has 0 saturated carbocycles. The van der Waals surface area contributed by atoms with Crippen molar-refractivity contribution < 1.29 is 4.74 Å². The van der Waals surface area contributed by atoms with E-state index in [-0.39, 0.29) is 11.6 Å². The predicted molar refractivity (Wildman–Crippen MR) is 134 cm³/mol. The Hall–Kier alpha value is -3.07. The molecular weight excluding hydrogens is 452 g/mol. The standard InChI is InChI=1S/C25H22N4O2S2/c1-31-16-10-8-15(9-11-16)21-13-18-23(32-21)24(30)28-22(26-18)14-29-12-4-6-19(29)25-27-17-5-2-3-7-20(17)33-25/h2-3,5,7-11,13,19H,4,6,12,14H2,1H3,(H,26,28,30). The van der Waals surface area contributed by atoms with E-state index in [0.29, 0.717) is 17.1 Å². The molecular formula is C25H22N4O2S2. The Morgan fingerprint density at radius 2 is 1.94 bits per heavy atom. The van der Waals surface area contributed by atoms with Crippen molar-refractivity contribution in [3.8, 4) is 16.2 Å². The first-order valence-electron chi connectivity index (χ1n) is 10.9. The summed E-state index contributed by atoms with van der Waals surface area (Å²) in [6.45, 7) is 1.59. The minimum Gasteiger partial charge on any atom is -0.497 e. The summed E-state index contributed by atoms with van der Waals surface area (Å²) in [6, 6.07) is 18.4. The molecule has 6 nitrogen and oxygen atoms in total. The number of hydrogen-bond acceptors (Lipinski definition) is 7. The third-order valence-electron chi connectivity index (χ3n) is 6.12. The highest BCUT2D eigenvalue weighted by Crippen LogP contribution is 2.37. The van der Waals surface area contributed by atoms with Gasteiger partial charge < -0.3 is 9.72 Å². The molecule has 0 radical (unpaired) electrons. The monoisotopic (exact) mass is 474 g/mol. The van der Waals surface area contributed by atoms with Gasteiger partial charge in [0.15, 0.2) is 0 Å². The van der Waals surface area contributed by atoms with Crippen molar-refractivity contribution in [3.63, 3.8) is 0 Å². The molecule has 1 aliphatic rings. The Morgan fingerprint density at radius 1 is 1.09 bits per heavy atom. The van der Waals surface area contributed by atoms with E-state index in [4.69, 9.17) is 14.7 Å². The zero-order valence-corrected chi connectivity index (χ0v) is 19.7. The van der Waals surface area contributed by atoms with E-state index in [9.17, 15) is 4.79 Å². The van der Waals surface area contributed by atoms with Gasteiger partial charge in [0, 0.05) is 4.88 Å². The number of nitrogens with zero attached hydrogens (tertiary/aromatic N) is 3. The number of methoxy groups -OCH3 is 1. The number of rotatable bonds is 5. The van der Waals surface area contributed by atoms with E-state index in [1.165, 1.54) is 16.0 Å². The van der Waals surface area contributed by atoms with Crippen molar-refractivity contribution >= 4 is 43.1 Å². The molecule has 0 amide bonds. The maximum Gasteiger partial charge on any atom is 0.268 e. The zero-order valence-electron chi connectivity index (χ0n) is 18.1. The van der Waals surface area contributed by atoms with Crippen molar-refractivity contribution in [1.29, 1.82) is 0 Å². The van der Waals surface area contributed by atoms with Gasteiger partial charge in [-0.3, -0.25) is 9.69 Å². The van der Waals surface area contributed by atoms with E-state index >= 15 is 0 Å². The maximum atomic E-state index is 12.9. The Bertz CT molecular complexity index is 1470. The summed E-state index contributed by atoms with van der Waals surface area (Å²) < 4.78 is 7.13. The summed E-state index contributed by atoms with van der Waals surface area (Å²) in [5, 5.41) is 1.15. The van der Waals surface area contributed by atoms with Gasteiger partial charge in [-0.05, 0) is 67.4 Å². The molecule has 1 fully saturated rings. The van der Waals surface area contributed by atoms with Crippen molar-refractivity contribution in [2.45, 2.75) is 25.4 Å². The van der Waals surface area contributed by atoms with Crippen LogP contribution in [0.1, 0.15) is 29.7 Å². The number of para-hydroxylation sites is 1. The molecule has 4 heterocycles. The van der Waals surface area contributed by atoms with Crippen LogP contribution in [0.3, 0.4) is 0 Å². The number of thiophene rings is 1. The first kappa shape index (κ1) is 20.5. The molecule has 1 unspecified atom stereocenters. The highest BCUT2D eigenvalue weighted by Gasteiger charge is 2.29. The van der Waals surface area contributed by atoms with Gasteiger partial charge in [0.1, 0.15) is 21.3 Å². The van der Waals surface area contributed by atoms with Crippen LogP contribution in [0.4, 0.5) is 0 Å². The van der Waals surface area contributed by atoms with Gasteiger partial charge >= 0.3 is 0 Å². The van der Waals surface area contributed by atoms with Crippen molar-refractivity contribution in [1.82, 2.24) is 19.9 Å². The predicted octanol–water partition coefficient (Wildman–Crippen LogP) is 5.61. The molecule has 2 aromatic carbocycles. The summed E-state index contributed by atoms with van der Waals surface area (Å²) in [6.07, 6.45) is 2.19. The second-order valence-corrected chi connectivity index (χ2v) is 10.3. The molecule has 3 aromatic heterocycles. The van der Waals surface area contributed by atoms with Gasteiger partial charge in [-0.25, -0.2) is 9.97 Å². The molecule has 0 bridgehead atoms. The maximum absolute atomic E-state index is 12.9. The van der Waals surface area contributed by atoms with Crippen molar-refractivity contribution in [2.24, 2.45) is 0 Å². The fourth-order valence-electron chi connectivity index (χ4n) is 4.48. The minimum atomic E-state index is -0.0736. The van der Waals surface area contributed by atoms with Crippen LogP contribution in [0.2, 0.25) is 0 Å². The molecule has 166 valence electrons. The lowest BCUT2D eigenvalue weighted by Crippen LogP contribution is -2.25. The number of aromatic amines is 1. The van der Waals surface area contributed by atoms with Gasteiger partial charge in [0.2, 0.25) is 0 Å². The average molecular weight is 475 g/mol. The quantitative estimate of drug-likeness (QED) is 0.359. The lowest BCUT2D eigenvalue weighted by molar-refractivity contribution is 0.242. The normalized spacial score (nSPS) is 16.7. The largest absolute Gasteiger partial charge is 0.497 e. The van der Waals surface area contributed by atoms with Gasteiger partial charge in [-0.1, -0.05) is 12.1 Å². The zero-order chi connectivity index (χ0) is 22.4. The average Bonchev–Trinajstić information content (AvgIpc) is 3.57. The van der Waals surface area contributed by atoms with Crippen LogP contribution < -0.4 is 10.3 Å². The topological polar surface area (TPSA) is 71.1 Å². The van der Waals surface area contributed by atoms with Crippen molar-refractivity contribution in [2.75, 3.05) is 13.7 Å². The number of fused-ring (bicyclic) bond motifs is 2. The molecule has 5 aromatic rings. The summed E-state index contributed by atoms with van der Waals surface area (Å²) in [5.41, 5.74) is 2.78. The van der Waals surface area contributed by atoms with E-state index in [2.05, 4.69) is 28.1 Å². The highest BCUT2D eigenvalue weighted by molar-refractivity contribution is 7.22. The Labute approximate surface area is 198 Å². The molecule has 6 rings (SSSR count). The van der Waals surface area contributed by atoms with Gasteiger partial charge in [0.05, 0.1) is 35.4 Å². The number of ether oxygens (including phenoxy) is 1. The smallest absolute Gasteiger partial charge is 0.268 e. The van der Waals surface area contributed by atoms with Crippen LogP contribution in [0, 0.1) is 0 Å². The molecule has 1 N–H and O–H groups in total. The van der Waals surface area contributed by atoms with Crippen LogP contribution in [0.25, 0.3) is 30.9 Å². The number of likely N-dealkylation sites (tertiary alicyclic amines) is 1. The van der Waals surface area contributed by atoms with Crippen molar-refractivity contribution in [3.05, 3.63) is 75.8 Å². The number of nitrogens with one attached hydrogen (secondary N) is 1. The third kappa shape index (κ3) is 3.84. The summed E-state index contributed by atoms with van der Waals surface area (Å²) in [4.78, 5) is 29.0. The van der Waals surface area contributed by atoms with Crippen LogP contribution in [-0.4, -0.2) is 33.5 Å². The molecule has 1 saturated heterocycles. The number of hydrogen-bond donors (Lipinski definition) is 1. The Balaban J connectivity index is 1.29. The summed E-state index contributed by atoms with van der Waals surface area (Å²) in [5.74, 6) is 1.52. The van der Waals surface area contributed by atoms with E-state index in [1.54, 1.807) is 18.4 Å². The van der Waals surface area contributed by atoms with Gasteiger partial charge in [-0.2, -0.15) is 0 Å². The third-order valence-corrected chi connectivity index (χ3v) is 8.43. The van der Waals surface area contributed by atoms with Gasteiger partial charge in [-0.15, -0.1) is 22.7 Å². The first-order chi connectivity index (χ1) is 16.2. The molecule has 8 heteroatoms. The lowest BCUT2D eigenvalue weighted by Gasteiger charge is -2.21. The fraction of sp³-hybridized carbons (Fsp3) is 0.240. The molecule has 0 aliphatic carbocycles. The van der Waals surface area contributed by atoms with Crippen LogP contribution >= 0.6 is 22.7 Å². The van der Waals surface area contributed by atoms with E-state index in [0.717, 1.165) is 51.6 Å². The Kier molecular flexibility index (Phi) is 5.21. The van der Waals surface area contributed by atoms with Gasteiger partial charge in [0.25, 0.3) is 5.56 Å². The van der Waals surface area contributed by atoms with Crippen LogP contribution in [-0.2, 0) is 6.54 Å². The fourth-order valence-corrected chi connectivity index (χ4v) is 6.62. The molecule has 1 aliphatic heterocycles. The first-order valence-corrected chi connectivity index (χ1v) is 12.6. The number of benzene rings is 2. The number of H-pyrrole nitrogens is 1. The minimum absolute atomic E-state index is 0.0736. The summed E-state index contributed by atoms with van der Waals surface area (Å²) in [7, 11) is 1.65. The van der Waals surface area contributed by atoms with Crippen LogP contribution in [0.5, 0.6) is 5.75 Å². The highest BCUT2D eigenvalue weighted by atomic mass is 32.1. The second-order valence-electron chi connectivity index (χ2n) is 8.21. The Morgan fingerprint density at radius 3 is 2.76 bits per heavy atom. The number of thiazole rings is 1. The van der Waals surface area contributed by atoms with Crippen LogP contribution in [0.15, 0.2) is 59.4 Å². The summed E-state index contributed by atoms with van der Waals surface area (Å²) >= 11 is 3.24. The molecule has 1 atom stereocenters. The van der Waals surface area contributed by atoms with E-state index in [1.807, 2.05) is 36.4 Å². The molecule has 0 spiro atoms. The van der Waals surface area contributed by atoms with E-state index < -0.39 is 0 Å². The number of aromatic nitrogens is 3. The lowest BCUT2D eigenvalue weighted by atomic mass is 10.2. The molecule has 33 heavy (non-hydrogen) atoms. The second kappa shape index (κ2) is 8.37.